The molecule has 0 aromatic heterocycles. The second-order valence-electron chi connectivity index (χ2n) is 9.99. The van der Waals surface area contributed by atoms with Crippen LogP contribution >= 0.6 is 0 Å². The van der Waals surface area contributed by atoms with E-state index in [-0.39, 0.29) is 47.4 Å². The van der Waals surface area contributed by atoms with Gasteiger partial charge in [-0.25, -0.2) is 0 Å². The average Bonchev–Trinajstić information content (AvgIpc) is 3.74. The zero-order valence-electron chi connectivity index (χ0n) is 21.4. The van der Waals surface area contributed by atoms with Gasteiger partial charge in [0.25, 0.3) is 0 Å². The molecule has 194 valence electrons. The van der Waals surface area contributed by atoms with Gasteiger partial charge in [0.15, 0.2) is 11.5 Å². The van der Waals surface area contributed by atoms with Gasteiger partial charge in [-0.1, -0.05) is 11.6 Å². The number of nitrogens with one attached hydrogen (secondary N) is 1. The van der Waals surface area contributed by atoms with Crippen LogP contribution in [0.25, 0.3) is 0 Å². The number of rotatable bonds is 10. The second kappa shape index (κ2) is 9.87. The first-order valence-electron chi connectivity index (χ1n) is 12.0. The number of esters is 1. The van der Waals surface area contributed by atoms with Gasteiger partial charge in [-0.05, 0) is 40.0 Å². The normalized spacial score (nSPS) is 33.1. The topological polar surface area (TPSA) is 111 Å². The van der Waals surface area contributed by atoms with Crippen molar-refractivity contribution in [1.82, 2.24) is 0 Å². The number of methoxy groups -OCH3 is 3. The number of hydrogen-bond acceptors (Lipinski definition) is 9. The Kier molecular flexibility index (Phi) is 7.22. The largest absolute Gasteiger partial charge is 0.504 e. The second-order valence-corrected chi connectivity index (χ2v) is 9.99. The minimum Gasteiger partial charge on any atom is -0.504 e. The molecule has 3 aliphatic rings. The average molecular weight is 492 g/mol. The van der Waals surface area contributed by atoms with Gasteiger partial charge < -0.3 is 38.8 Å². The zero-order valence-corrected chi connectivity index (χ0v) is 21.4. The molecule has 1 aliphatic carbocycles. The van der Waals surface area contributed by atoms with E-state index in [4.69, 9.17) is 28.4 Å². The summed E-state index contributed by atoms with van der Waals surface area (Å²) in [4.78, 5) is 12.8. The molecule has 2 heterocycles. The molecule has 1 aromatic rings. The molecule has 4 rings (SSSR count). The van der Waals surface area contributed by atoms with E-state index in [0.29, 0.717) is 24.5 Å². The number of benzene rings is 1. The van der Waals surface area contributed by atoms with Crippen molar-refractivity contribution in [3.05, 3.63) is 23.8 Å². The molecule has 0 unspecified atom stereocenters. The Balaban J connectivity index is 1.41. The van der Waals surface area contributed by atoms with Crippen molar-refractivity contribution in [2.75, 3.05) is 39.8 Å². The Labute approximate surface area is 206 Å². The van der Waals surface area contributed by atoms with Crippen LogP contribution in [0, 0.1) is 5.92 Å². The van der Waals surface area contributed by atoms with Crippen LogP contribution in [-0.4, -0.2) is 75.1 Å². The summed E-state index contributed by atoms with van der Waals surface area (Å²) in [6.07, 6.45) is 3.84. The smallest absolute Gasteiger partial charge is 0.325 e. The van der Waals surface area contributed by atoms with Crippen LogP contribution in [-0.2, 0) is 23.7 Å². The number of carbonyl (C=O) groups is 1. The molecular weight excluding hydrogens is 454 g/mol. The molecule has 1 spiro atoms. The van der Waals surface area contributed by atoms with Crippen molar-refractivity contribution >= 4 is 11.7 Å². The summed E-state index contributed by atoms with van der Waals surface area (Å²) in [6.45, 7) is 6.88. The van der Waals surface area contributed by atoms with E-state index in [2.05, 4.69) is 32.2 Å². The van der Waals surface area contributed by atoms with E-state index >= 15 is 0 Å². The maximum absolute atomic E-state index is 12.8. The van der Waals surface area contributed by atoms with Crippen LogP contribution in [0.4, 0.5) is 5.69 Å². The highest BCUT2D eigenvalue weighted by Gasteiger charge is 2.72. The van der Waals surface area contributed by atoms with Crippen LogP contribution in [0.15, 0.2) is 23.8 Å². The van der Waals surface area contributed by atoms with Crippen molar-refractivity contribution in [1.29, 1.82) is 0 Å². The van der Waals surface area contributed by atoms with Gasteiger partial charge in [0, 0.05) is 24.9 Å². The fourth-order valence-electron chi connectivity index (χ4n) is 5.50. The van der Waals surface area contributed by atoms with Gasteiger partial charge in [-0.15, -0.1) is 0 Å². The maximum atomic E-state index is 12.8. The van der Waals surface area contributed by atoms with Gasteiger partial charge in [0.2, 0.25) is 5.75 Å². The zero-order chi connectivity index (χ0) is 25.4. The first kappa shape index (κ1) is 25.6. The van der Waals surface area contributed by atoms with Crippen molar-refractivity contribution in [2.45, 2.75) is 69.5 Å². The summed E-state index contributed by atoms with van der Waals surface area (Å²) in [5, 5.41) is 13.1. The fraction of sp³-hybridized carbons (Fsp3) is 0.654. The first-order chi connectivity index (χ1) is 16.7. The Morgan fingerprint density at radius 3 is 2.60 bits per heavy atom. The number of anilines is 1. The standard InChI is InChI=1S/C26H37NO8/c1-15(2)7-8-20-25(3,35-20)24-23(32-6)18(9-10-26(24)14-33-26)34-21(29)13-27-16-11-17(28)22(31-5)19(12-16)30-4/h7,11-12,18,20,23-24,27-28H,8-10,13-14H2,1-6H3/t18-,20-,23-,24-,25-,26+/m1/s1. The summed E-state index contributed by atoms with van der Waals surface area (Å²) >= 11 is 0. The molecule has 1 aromatic carbocycles. The Bertz CT molecular complexity index is 970. The third-order valence-corrected chi connectivity index (χ3v) is 7.42. The predicted octanol–water partition coefficient (Wildman–Crippen LogP) is 3.44. The molecule has 9 heteroatoms. The molecule has 0 bridgehead atoms. The number of aromatic hydroxyl groups is 1. The molecule has 0 amide bonds. The Hall–Kier alpha value is -2.49. The minimum atomic E-state index is -0.416. The monoisotopic (exact) mass is 491 g/mol. The van der Waals surface area contributed by atoms with E-state index in [9.17, 15) is 9.90 Å². The molecule has 9 nitrogen and oxygen atoms in total. The third kappa shape index (κ3) is 5.08. The number of ether oxygens (including phenoxy) is 6. The number of allylic oxidation sites excluding steroid dienone is 1. The highest BCUT2D eigenvalue weighted by Crippen LogP contribution is 2.59. The molecule has 2 saturated heterocycles. The van der Waals surface area contributed by atoms with Gasteiger partial charge in [0.1, 0.15) is 30.0 Å². The number of epoxide rings is 2. The SMILES string of the molecule is COc1cc(NCC(=O)O[C@@H]2CC[C@]3(CO3)[C@@H]([C@]3(C)O[C@@H]3CC=C(C)C)[C@@H]2OC)cc(O)c1OC. The molecule has 2 aliphatic heterocycles. The third-order valence-electron chi connectivity index (χ3n) is 7.42. The van der Waals surface area contributed by atoms with Crippen molar-refractivity contribution < 1.29 is 38.3 Å². The number of carbonyl (C=O) groups excluding carboxylic acids is 1. The summed E-state index contributed by atoms with van der Waals surface area (Å²) < 4.78 is 34.4. The van der Waals surface area contributed by atoms with Gasteiger partial charge in [-0.2, -0.15) is 0 Å². The molecule has 1 saturated carbocycles. The predicted molar refractivity (Wildman–Crippen MR) is 129 cm³/mol. The summed E-state index contributed by atoms with van der Waals surface area (Å²) in [5.74, 6) is 0.0469. The maximum Gasteiger partial charge on any atom is 0.325 e. The minimum absolute atomic E-state index is 0.0298. The Morgan fingerprint density at radius 1 is 1.26 bits per heavy atom. The van der Waals surface area contributed by atoms with E-state index in [1.165, 1.54) is 25.9 Å². The van der Waals surface area contributed by atoms with E-state index in [1.54, 1.807) is 13.2 Å². The first-order valence-corrected chi connectivity index (χ1v) is 12.0. The van der Waals surface area contributed by atoms with Crippen molar-refractivity contribution in [3.63, 3.8) is 0 Å². The van der Waals surface area contributed by atoms with Crippen molar-refractivity contribution in [3.8, 4) is 17.2 Å². The van der Waals surface area contributed by atoms with E-state index in [0.717, 1.165) is 12.8 Å². The van der Waals surface area contributed by atoms with Crippen LogP contribution in [0.1, 0.15) is 40.0 Å². The number of phenolic OH excluding ortho intramolecular Hbond substituents is 1. The van der Waals surface area contributed by atoms with E-state index in [1.807, 2.05) is 0 Å². The van der Waals surface area contributed by atoms with Crippen LogP contribution < -0.4 is 14.8 Å². The Morgan fingerprint density at radius 2 is 2.00 bits per heavy atom. The molecule has 35 heavy (non-hydrogen) atoms. The van der Waals surface area contributed by atoms with Crippen molar-refractivity contribution in [2.24, 2.45) is 5.92 Å². The lowest BCUT2D eigenvalue weighted by Gasteiger charge is -2.42. The lowest BCUT2D eigenvalue weighted by molar-refractivity contribution is -0.170. The highest BCUT2D eigenvalue weighted by molar-refractivity contribution is 5.76. The van der Waals surface area contributed by atoms with E-state index < -0.39 is 12.1 Å². The summed E-state index contributed by atoms with van der Waals surface area (Å²) in [5.41, 5.74) is 1.11. The van der Waals surface area contributed by atoms with Crippen LogP contribution in [0.5, 0.6) is 17.2 Å². The highest BCUT2D eigenvalue weighted by atomic mass is 16.6. The van der Waals surface area contributed by atoms with Crippen LogP contribution in [0.2, 0.25) is 0 Å². The summed E-state index contributed by atoms with van der Waals surface area (Å²) in [6, 6.07) is 3.11. The van der Waals surface area contributed by atoms with Gasteiger partial charge in [-0.3, -0.25) is 4.79 Å². The lowest BCUT2D eigenvalue weighted by atomic mass is 9.68. The quantitative estimate of drug-likeness (QED) is 0.289. The summed E-state index contributed by atoms with van der Waals surface area (Å²) in [7, 11) is 4.57. The molecule has 6 atom stereocenters. The molecule has 0 radical (unpaired) electrons. The number of hydrogen-bond donors (Lipinski definition) is 2. The molecule has 3 fully saturated rings. The van der Waals surface area contributed by atoms with Gasteiger partial charge in [0.05, 0.1) is 32.8 Å². The fourth-order valence-corrected chi connectivity index (χ4v) is 5.50. The van der Waals surface area contributed by atoms with Crippen LogP contribution in [0.3, 0.4) is 0 Å². The molecular formula is C26H37NO8. The molecule has 2 N–H and O–H groups in total. The van der Waals surface area contributed by atoms with Gasteiger partial charge >= 0.3 is 5.97 Å². The number of phenols is 1. The lowest BCUT2D eigenvalue weighted by Crippen LogP contribution is -2.55.